The molecule has 0 unspecified atom stereocenters. The summed E-state index contributed by atoms with van der Waals surface area (Å²) in [5, 5.41) is 2.97. The van der Waals surface area contributed by atoms with E-state index < -0.39 is 0 Å². The first-order valence-corrected chi connectivity index (χ1v) is 8.83. The van der Waals surface area contributed by atoms with Gasteiger partial charge in [-0.15, -0.1) is 0 Å². The summed E-state index contributed by atoms with van der Waals surface area (Å²) in [6, 6.07) is 8.00. The van der Waals surface area contributed by atoms with E-state index in [0.717, 1.165) is 50.1 Å². The van der Waals surface area contributed by atoms with Gasteiger partial charge >= 0.3 is 0 Å². The number of nitrogens with one attached hydrogen (secondary N) is 1. The van der Waals surface area contributed by atoms with Crippen molar-refractivity contribution < 1.29 is 9.53 Å². The van der Waals surface area contributed by atoms with Gasteiger partial charge < -0.3 is 14.2 Å². The smallest absolute Gasteiger partial charge is 0.255 e. The Morgan fingerprint density at radius 1 is 1.38 bits per heavy atom. The summed E-state index contributed by atoms with van der Waals surface area (Å²) in [4.78, 5) is 19.4. The minimum absolute atomic E-state index is 0.0908. The van der Waals surface area contributed by atoms with Crippen LogP contribution in [0.5, 0.6) is 0 Å². The molecule has 6 heteroatoms. The van der Waals surface area contributed by atoms with Crippen LogP contribution < -0.4 is 5.32 Å². The fraction of sp³-hybridized carbons (Fsp3) is 0.556. The molecule has 1 amide bonds. The predicted octanol–water partition coefficient (Wildman–Crippen LogP) is 2.50. The number of para-hydroxylation sites is 2. The number of aromatic nitrogens is 2. The van der Waals surface area contributed by atoms with E-state index in [0.29, 0.717) is 12.6 Å². The zero-order valence-corrected chi connectivity index (χ0v) is 14.5. The Kier molecular flexibility index (Phi) is 5.48. The molecule has 2 heterocycles. The van der Waals surface area contributed by atoms with Crippen LogP contribution in [0.1, 0.15) is 26.7 Å². The van der Waals surface area contributed by atoms with Crippen LogP contribution in [0.4, 0.5) is 5.95 Å². The topological polar surface area (TPSA) is 59.4 Å². The normalized spacial score (nSPS) is 17.7. The standard InChI is InChI=1S/C18H26N4O2/c1-3-21(4-2)11-12-22-15-9-6-5-8-14(15)19-18(22)20-17(23)16-10-7-13-24-16/h5-6,8-9,16H,3-4,7,10-13H2,1-2H3,(H,19,20,23)/t16-/m1/s1. The molecule has 2 aromatic rings. The van der Waals surface area contributed by atoms with Gasteiger partial charge in [-0.3, -0.25) is 10.1 Å². The number of fused-ring (bicyclic) bond motifs is 1. The van der Waals surface area contributed by atoms with Crippen LogP contribution in [0.15, 0.2) is 24.3 Å². The lowest BCUT2D eigenvalue weighted by atomic mass is 10.2. The maximum absolute atomic E-state index is 12.4. The molecule has 1 aliphatic rings. The van der Waals surface area contributed by atoms with E-state index in [1.807, 2.05) is 24.3 Å². The Labute approximate surface area is 142 Å². The highest BCUT2D eigenvalue weighted by molar-refractivity contribution is 5.94. The van der Waals surface area contributed by atoms with E-state index in [2.05, 4.69) is 33.6 Å². The molecule has 1 aromatic heterocycles. The zero-order chi connectivity index (χ0) is 16.9. The number of benzene rings is 1. The third kappa shape index (κ3) is 3.60. The van der Waals surface area contributed by atoms with Gasteiger partial charge in [-0.05, 0) is 38.1 Å². The molecule has 0 saturated carbocycles. The summed E-state index contributed by atoms with van der Waals surface area (Å²) in [7, 11) is 0. The molecule has 1 N–H and O–H groups in total. The molecule has 0 bridgehead atoms. The van der Waals surface area contributed by atoms with E-state index in [1.54, 1.807) is 0 Å². The molecule has 6 nitrogen and oxygen atoms in total. The largest absolute Gasteiger partial charge is 0.368 e. The van der Waals surface area contributed by atoms with Gasteiger partial charge in [0, 0.05) is 19.7 Å². The van der Waals surface area contributed by atoms with Gasteiger partial charge in [-0.1, -0.05) is 26.0 Å². The van der Waals surface area contributed by atoms with Gasteiger partial charge in [0.2, 0.25) is 5.95 Å². The molecule has 130 valence electrons. The molecule has 0 radical (unpaired) electrons. The molecular weight excluding hydrogens is 304 g/mol. The van der Waals surface area contributed by atoms with Crippen molar-refractivity contribution in [3.05, 3.63) is 24.3 Å². The van der Waals surface area contributed by atoms with Crippen LogP contribution in [-0.4, -0.2) is 52.7 Å². The number of imidazole rings is 1. The number of hydrogen-bond acceptors (Lipinski definition) is 4. The summed E-state index contributed by atoms with van der Waals surface area (Å²) in [5.74, 6) is 0.524. The fourth-order valence-corrected chi connectivity index (χ4v) is 3.15. The van der Waals surface area contributed by atoms with E-state index in [1.165, 1.54) is 0 Å². The van der Waals surface area contributed by atoms with Crippen LogP contribution in [0.2, 0.25) is 0 Å². The van der Waals surface area contributed by atoms with Gasteiger partial charge in [0.25, 0.3) is 5.91 Å². The molecule has 0 spiro atoms. The molecule has 1 fully saturated rings. The van der Waals surface area contributed by atoms with E-state index in [-0.39, 0.29) is 12.0 Å². The van der Waals surface area contributed by atoms with Crippen LogP contribution in [0.25, 0.3) is 11.0 Å². The van der Waals surface area contributed by atoms with Crippen molar-refractivity contribution in [1.29, 1.82) is 0 Å². The average molecular weight is 330 g/mol. The number of likely N-dealkylation sites (N-methyl/N-ethyl adjacent to an activating group) is 1. The molecule has 24 heavy (non-hydrogen) atoms. The predicted molar refractivity (Wildman–Crippen MR) is 95.1 cm³/mol. The quantitative estimate of drug-likeness (QED) is 0.847. The highest BCUT2D eigenvalue weighted by Gasteiger charge is 2.25. The number of carbonyl (C=O) groups is 1. The van der Waals surface area contributed by atoms with E-state index in [4.69, 9.17) is 4.74 Å². The molecule has 1 aliphatic heterocycles. The monoisotopic (exact) mass is 330 g/mol. The molecule has 1 saturated heterocycles. The Balaban J connectivity index is 1.82. The lowest BCUT2D eigenvalue weighted by molar-refractivity contribution is -0.124. The zero-order valence-electron chi connectivity index (χ0n) is 14.5. The number of anilines is 1. The van der Waals surface area contributed by atoms with Crippen LogP contribution >= 0.6 is 0 Å². The molecule has 3 rings (SSSR count). The van der Waals surface area contributed by atoms with Crippen molar-refractivity contribution in [3.8, 4) is 0 Å². The fourth-order valence-electron chi connectivity index (χ4n) is 3.15. The first-order chi connectivity index (χ1) is 11.7. The first-order valence-electron chi connectivity index (χ1n) is 8.83. The maximum Gasteiger partial charge on any atom is 0.255 e. The van der Waals surface area contributed by atoms with E-state index >= 15 is 0 Å². The second kappa shape index (κ2) is 7.77. The summed E-state index contributed by atoms with van der Waals surface area (Å²) >= 11 is 0. The summed E-state index contributed by atoms with van der Waals surface area (Å²) in [6.45, 7) is 8.74. The van der Waals surface area contributed by atoms with Gasteiger partial charge in [-0.25, -0.2) is 4.98 Å². The Hall–Kier alpha value is -1.92. The number of carbonyl (C=O) groups excluding carboxylic acids is 1. The number of ether oxygens (including phenoxy) is 1. The number of nitrogens with zero attached hydrogens (tertiary/aromatic N) is 3. The number of amides is 1. The van der Waals surface area contributed by atoms with Crippen molar-refractivity contribution in [2.24, 2.45) is 0 Å². The molecule has 0 aliphatic carbocycles. The Morgan fingerprint density at radius 2 is 2.17 bits per heavy atom. The van der Waals surface area contributed by atoms with Gasteiger partial charge in [0.1, 0.15) is 6.10 Å². The lowest BCUT2D eigenvalue weighted by Gasteiger charge is -2.19. The van der Waals surface area contributed by atoms with Crippen molar-refractivity contribution >= 4 is 22.9 Å². The second-order valence-electron chi connectivity index (χ2n) is 6.09. The summed E-state index contributed by atoms with van der Waals surface area (Å²) in [6.07, 6.45) is 1.38. The molecular formula is C18H26N4O2. The second-order valence-corrected chi connectivity index (χ2v) is 6.09. The third-order valence-corrected chi connectivity index (χ3v) is 4.65. The number of rotatable bonds is 7. The average Bonchev–Trinajstić information content (AvgIpc) is 3.24. The van der Waals surface area contributed by atoms with Crippen molar-refractivity contribution in [2.45, 2.75) is 39.3 Å². The van der Waals surface area contributed by atoms with Gasteiger partial charge in [0.05, 0.1) is 11.0 Å². The minimum atomic E-state index is -0.346. The van der Waals surface area contributed by atoms with Crippen LogP contribution in [-0.2, 0) is 16.1 Å². The van der Waals surface area contributed by atoms with Crippen LogP contribution in [0.3, 0.4) is 0 Å². The van der Waals surface area contributed by atoms with Crippen molar-refractivity contribution in [1.82, 2.24) is 14.5 Å². The summed E-state index contributed by atoms with van der Waals surface area (Å²) < 4.78 is 7.57. The van der Waals surface area contributed by atoms with Gasteiger partial charge in [-0.2, -0.15) is 0 Å². The lowest BCUT2D eigenvalue weighted by Crippen LogP contribution is -2.30. The number of hydrogen-bond donors (Lipinski definition) is 1. The highest BCUT2D eigenvalue weighted by Crippen LogP contribution is 2.21. The van der Waals surface area contributed by atoms with Gasteiger partial charge in [0.15, 0.2) is 0 Å². The third-order valence-electron chi connectivity index (χ3n) is 4.65. The Bertz CT molecular complexity index is 687. The SMILES string of the molecule is CCN(CC)CCn1c(NC(=O)[C@H]2CCCO2)nc2ccccc21. The molecule has 1 aromatic carbocycles. The highest BCUT2D eigenvalue weighted by atomic mass is 16.5. The van der Waals surface area contributed by atoms with Crippen molar-refractivity contribution in [2.75, 3.05) is 31.6 Å². The Morgan fingerprint density at radius 3 is 2.88 bits per heavy atom. The summed E-state index contributed by atoms with van der Waals surface area (Å²) in [5.41, 5.74) is 1.95. The van der Waals surface area contributed by atoms with Crippen molar-refractivity contribution in [3.63, 3.8) is 0 Å². The first kappa shape index (κ1) is 16.9. The van der Waals surface area contributed by atoms with E-state index in [9.17, 15) is 4.79 Å². The van der Waals surface area contributed by atoms with Crippen LogP contribution in [0, 0.1) is 0 Å². The maximum atomic E-state index is 12.4. The minimum Gasteiger partial charge on any atom is -0.368 e. The molecule has 1 atom stereocenters.